The molecule has 0 aromatic heterocycles. The summed E-state index contributed by atoms with van der Waals surface area (Å²) in [6.07, 6.45) is 0.825. The smallest absolute Gasteiger partial charge is 0.338 e. The van der Waals surface area contributed by atoms with Crippen molar-refractivity contribution in [2.45, 2.75) is 43.2 Å². The van der Waals surface area contributed by atoms with Gasteiger partial charge >= 0.3 is 11.9 Å². The summed E-state index contributed by atoms with van der Waals surface area (Å²) in [5.74, 6) is -1.19. The number of carbonyl (C=O) groups excluding carboxylic acids is 2. The van der Waals surface area contributed by atoms with Crippen LogP contribution >= 0.6 is 0 Å². The lowest BCUT2D eigenvalue weighted by atomic mass is 9.64. The number of hydrogen-bond acceptors (Lipinski definition) is 6. The van der Waals surface area contributed by atoms with Gasteiger partial charge in [0.05, 0.1) is 37.6 Å². The Morgan fingerprint density at radius 1 is 0.879 bits per heavy atom. The van der Waals surface area contributed by atoms with Crippen LogP contribution in [0.2, 0.25) is 0 Å². The first kappa shape index (κ1) is 20.4. The number of hydrogen-bond donors (Lipinski definition) is 0. The molecule has 4 aliphatic rings. The van der Waals surface area contributed by atoms with Crippen LogP contribution < -0.4 is 0 Å². The van der Waals surface area contributed by atoms with Gasteiger partial charge in [0.2, 0.25) is 0 Å². The van der Waals surface area contributed by atoms with Crippen LogP contribution in [0.5, 0.6) is 0 Å². The highest BCUT2D eigenvalue weighted by atomic mass is 16.6. The SMILES string of the molecule is COC(=O)C1=C(C(=O)OC)[C@@]2(c3ccccc3)O[C@]1(C)C1=C2[C@H]2Cc3ccccc3[C@@H](C1)O2. The van der Waals surface area contributed by atoms with Crippen LogP contribution in [-0.4, -0.2) is 37.9 Å². The van der Waals surface area contributed by atoms with Crippen LogP contribution in [0.1, 0.15) is 36.1 Å². The van der Waals surface area contributed by atoms with E-state index in [-0.39, 0.29) is 23.4 Å². The molecular formula is C27H24O6. The van der Waals surface area contributed by atoms with Crippen molar-refractivity contribution in [2.75, 3.05) is 14.2 Å². The Bertz CT molecular complexity index is 1260. The van der Waals surface area contributed by atoms with E-state index in [1.165, 1.54) is 19.8 Å². The number of ether oxygens (including phenoxy) is 4. The summed E-state index contributed by atoms with van der Waals surface area (Å²) in [5, 5.41) is 0. The fraction of sp³-hybridized carbons (Fsp3) is 0.333. The van der Waals surface area contributed by atoms with Gasteiger partial charge in [0.25, 0.3) is 0 Å². The average molecular weight is 444 g/mol. The van der Waals surface area contributed by atoms with Gasteiger partial charge < -0.3 is 18.9 Å². The third-order valence-corrected chi connectivity index (χ3v) is 7.52. The predicted molar refractivity (Wildman–Crippen MR) is 118 cm³/mol. The van der Waals surface area contributed by atoms with Gasteiger partial charge in [0.1, 0.15) is 5.60 Å². The molecule has 168 valence electrons. The largest absolute Gasteiger partial charge is 0.466 e. The van der Waals surface area contributed by atoms with Crippen molar-refractivity contribution in [3.8, 4) is 0 Å². The molecule has 0 N–H and O–H groups in total. The molecule has 0 aliphatic carbocycles. The number of rotatable bonds is 3. The minimum absolute atomic E-state index is 0.133. The Morgan fingerprint density at radius 3 is 2.27 bits per heavy atom. The maximum atomic E-state index is 13.3. The van der Waals surface area contributed by atoms with Crippen molar-refractivity contribution in [3.05, 3.63) is 93.6 Å². The summed E-state index contributed by atoms with van der Waals surface area (Å²) < 4.78 is 23.7. The summed E-state index contributed by atoms with van der Waals surface area (Å²) in [5.41, 5.74) is 3.08. The lowest BCUT2D eigenvalue weighted by Crippen LogP contribution is -2.45. The molecule has 0 fully saturated rings. The molecule has 0 saturated heterocycles. The Morgan fingerprint density at radius 2 is 1.55 bits per heavy atom. The van der Waals surface area contributed by atoms with Gasteiger partial charge in [-0.1, -0.05) is 54.6 Å². The zero-order valence-corrected chi connectivity index (χ0v) is 18.7. The molecule has 6 nitrogen and oxygen atoms in total. The third kappa shape index (κ3) is 2.45. The van der Waals surface area contributed by atoms with E-state index < -0.39 is 23.1 Å². The first-order valence-corrected chi connectivity index (χ1v) is 11.1. The lowest BCUT2D eigenvalue weighted by Gasteiger charge is -2.44. The second-order valence-electron chi connectivity index (χ2n) is 9.03. The fourth-order valence-corrected chi connectivity index (χ4v) is 6.27. The van der Waals surface area contributed by atoms with E-state index in [0.717, 1.165) is 22.3 Å². The molecule has 0 spiro atoms. The number of esters is 2. The Labute approximate surface area is 191 Å². The van der Waals surface area contributed by atoms with Gasteiger partial charge in [-0.3, -0.25) is 0 Å². The maximum absolute atomic E-state index is 13.3. The lowest BCUT2D eigenvalue weighted by molar-refractivity contribution is -0.140. The van der Waals surface area contributed by atoms with Crippen LogP contribution in [0, 0.1) is 0 Å². The highest BCUT2D eigenvalue weighted by molar-refractivity contribution is 6.07. The van der Waals surface area contributed by atoms with Crippen molar-refractivity contribution in [1.29, 1.82) is 0 Å². The minimum Gasteiger partial charge on any atom is -0.466 e. The van der Waals surface area contributed by atoms with Gasteiger partial charge in [-0.05, 0) is 29.2 Å². The van der Waals surface area contributed by atoms with Crippen LogP contribution in [-0.2, 0) is 40.6 Å². The molecule has 2 aromatic carbocycles. The average Bonchev–Trinajstić information content (AvgIpc) is 3.29. The summed E-state index contributed by atoms with van der Waals surface area (Å²) in [6.45, 7) is 1.86. The van der Waals surface area contributed by atoms with E-state index in [0.29, 0.717) is 12.8 Å². The molecule has 6 heteroatoms. The van der Waals surface area contributed by atoms with Gasteiger partial charge in [0.15, 0.2) is 5.60 Å². The first-order valence-electron chi connectivity index (χ1n) is 11.1. The molecular weight excluding hydrogens is 420 g/mol. The molecule has 0 amide bonds. The zero-order chi connectivity index (χ0) is 23.0. The Kier molecular flexibility index (Phi) is 4.26. The molecule has 4 aliphatic heterocycles. The molecule has 6 rings (SSSR count). The molecule has 4 heterocycles. The van der Waals surface area contributed by atoms with Crippen LogP contribution in [0.25, 0.3) is 0 Å². The van der Waals surface area contributed by atoms with Crippen molar-refractivity contribution in [3.63, 3.8) is 0 Å². The molecule has 33 heavy (non-hydrogen) atoms. The number of fused-ring (bicyclic) bond motifs is 9. The van der Waals surface area contributed by atoms with E-state index >= 15 is 0 Å². The summed E-state index contributed by atoms with van der Waals surface area (Å²) in [6, 6.07) is 17.8. The van der Waals surface area contributed by atoms with E-state index in [9.17, 15) is 9.59 Å². The van der Waals surface area contributed by atoms with Crippen molar-refractivity contribution >= 4 is 11.9 Å². The van der Waals surface area contributed by atoms with Crippen molar-refractivity contribution in [1.82, 2.24) is 0 Å². The second kappa shape index (κ2) is 6.89. The molecule has 2 aromatic rings. The Hall–Kier alpha value is -3.22. The highest BCUT2D eigenvalue weighted by Gasteiger charge is 2.70. The maximum Gasteiger partial charge on any atom is 0.338 e. The van der Waals surface area contributed by atoms with E-state index in [1.54, 1.807) is 0 Å². The first-order chi connectivity index (χ1) is 16.0. The molecule has 0 radical (unpaired) electrons. The van der Waals surface area contributed by atoms with Gasteiger partial charge in [-0.25, -0.2) is 9.59 Å². The molecule has 4 atom stereocenters. The van der Waals surface area contributed by atoms with E-state index in [2.05, 4.69) is 12.1 Å². The Balaban J connectivity index is 1.65. The molecule has 4 bridgehead atoms. The van der Waals surface area contributed by atoms with Crippen molar-refractivity contribution < 1.29 is 28.5 Å². The number of benzene rings is 2. The summed E-state index contributed by atoms with van der Waals surface area (Å²) >= 11 is 0. The molecule has 0 saturated carbocycles. The standard InChI is InChI=1S/C27H24O6/c1-26-18-14-19-17-12-8-7-9-15(17)13-20(32-19)21(18)27(33-26,16-10-5-4-6-11-16)23(25(29)31-3)22(26)24(28)30-2/h4-12,19-20H,13-14H2,1-3H3/t19-,20-,26-,27+/m1/s1. The highest BCUT2D eigenvalue weighted by Crippen LogP contribution is 2.67. The monoisotopic (exact) mass is 444 g/mol. The van der Waals surface area contributed by atoms with E-state index in [4.69, 9.17) is 18.9 Å². The van der Waals surface area contributed by atoms with Gasteiger partial charge in [-0.15, -0.1) is 0 Å². The molecule has 0 unspecified atom stereocenters. The van der Waals surface area contributed by atoms with Gasteiger partial charge in [-0.2, -0.15) is 0 Å². The predicted octanol–water partition coefficient (Wildman–Crippen LogP) is 3.71. The summed E-state index contributed by atoms with van der Waals surface area (Å²) in [4.78, 5) is 26.4. The van der Waals surface area contributed by atoms with Crippen LogP contribution in [0.4, 0.5) is 0 Å². The zero-order valence-electron chi connectivity index (χ0n) is 18.7. The van der Waals surface area contributed by atoms with Crippen LogP contribution in [0.3, 0.4) is 0 Å². The van der Waals surface area contributed by atoms with E-state index in [1.807, 2.05) is 49.4 Å². The third-order valence-electron chi connectivity index (χ3n) is 7.52. The normalized spacial score (nSPS) is 31.2. The number of methoxy groups -OCH3 is 2. The quantitative estimate of drug-likeness (QED) is 0.531. The fourth-order valence-electron chi connectivity index (χ4n) is 6.27. The summed E-state index contributed by atoms with van der Waals surface area (Å²) in [7, 11) is 2.63. The topological polar surface area (TPSA) is 71.1 Å². The number of carbonyl (C=O) groups is 2. The van der Waals surface area contributed by atoms with Gasteiger partial charge in [0, 0.05) is 18.4 Å². The van der Waals surface area contributed by atoms with Crippen LogP contribution in [0.15, 0.2) is 76.9 Å². The second-order valence-corrected chi connectivity index (χ2v) is 9.03. The minimum atomic E-state index is -1.27. The van der Waals surface area contributed by atoms with Crippen molar-refractivity contribution in [2.24, 2.45) is 0 Å².